The van der Waals surface area contributed by atoms with Crippen LogP contribution >= 0.6 is 11.8 Å². The minimum absolute atomic E-state index is 0.0752. The lowest BCUT2D eigenvalue weighted by Gasteiger charge is -2.10. The van der Waals surface area contributed by atoms with Crippen LogP contribution in [0.3, 0.4) is 0 Å². The van der Waals surface area contributed by atoms with Crippen molar-refractivity contribution >= 4 is 11.8 Å². The van der Waals surface area contributed by atoms with Crippen LogP contribution in [0.15, 0.2) is 29.7 Å². The Labute approximate surface area is 110 Å². The second kappa shape index (κ2) is 6.46. The fourth-order valence-corrected chi connectivity index (χ4v) is 2.40. The number of rotatable bonds is 6. The van der Waals surface area contributed by atoms with Crippen molar-refractivity contribution in [2.45, 2.75) is 24.0 Å². The van der Waals surface area contributed by atoms with E-state index in [2.05, 4.69) is 20.5 Å². The maximum Gasteiger partial charge on any atom is 0.209 e. The zero-order chi connectivity index (χ0) is 12.8. The SMILES string of the molecule is Cn1nnnc1SCCCC(N)c1ccncc1. The predicted molar refractivity (Wildman–Crippen MR) is 69.9 cm³/mol. The molecule has 18 heavy (non-hydrogen) atoms. The summed E-state index contributed by atoms with van der Waals surface area (Å²) in [5, 5.41) is 12.1. The van der Waals surface area contributed by atoms with E-state index in [0.717, 1.165) is 29.3 Å². The normalized spacial score (nSPS) is 12.6. The van der Waals surface area contributed by atoms with Gasteiger partial charge in [0.25, 0.3) is 0 Å². The Bertz CT molecular complexity index is 471. The number of aromatic nitrogens is 5. The first-order valence-corrected chi connectivity index (χ1v) is 6.76. The van der Waals surface area contributed by atoms with Crippen LogP contribution in [0.2, 0.25) is 0 Å². The highest BCUT2D eigenvalue weighted by atomic mass is 32.2. The topological polar surface area (TPSA) is 82.5 Å². The Morgan fingerprint density at radius 2 is 2.17 bits per heavy atom. The van der Waals surface area contributed by atoms with Gasteiger partial charge in [-0.25, -0.2) is 4.68 Å². The average molecular weight is 264 g/mol. The van der Waals surface area contributed by atoms with Crippen LogP contribution in [0, 0.1) is 0 Å². The Morgan fingerprint density at radius 1 is 1.39 bits per heavy atom. The molecule has 2 heterocycles. The third kappa shape index (κ3) is 3.51. The summed E-state index contributed by atoms with van der Waals surface area (Å²) in [5.74, 6) is 0.965. The molecule has 0 aliphatic heterocycles. The molecular weight excluding hydrogens is 248 g/mol. The summed E-state index contributed by atoms with van der Waals surface area (Å²) in [4.78, 5) is 3.98. The molecule has 7 heteroatoms. The molecule has 2 aromatic rings. The summed E-state index contributed by atoms with van der Waals surface area (Å²) in [6, 6.07) is 4.00. The van der Waals surface area contributed by atoms with E-state index >= 15 is 0 Å². The summed E-state index contributed by atoms with van der Waals surface area (Å²) in [5.41, 5.74) is 7.24. The Balaban J connectivity index is 1.71. The van der Waals surface area contributed by atoms with Gasteiger partial charge in [0, 0.05) is 31.2 Å². The second-order valence-corrected chi connectivity index (χ2v) is 5.02. The average Bonchev–Trinajstić information content (AvgIpc) is 2.81. The van der Waals surface area contributed by atoms with E-state index in [1.165, 1.54) is 0 Å². The van der Waals surface area contributed by atoms with Gasteiger partial charge in [0.05, 0.1) is 0 Å². The Kier molecular flexibility index (Phi) is 4.66. The summed E-state index contributed by atoms with van der Waals surface area (Å²) < 4.78 is 1.67. The van der Waals surface area contributed by atoms with E-state index < -0.39 is 0 Å². The van der Waals surface area contributed by atoms with Crippen molar-refractivity contribution in [1.82, 2.24) is 25.2 Å². The smallest absolute Gasteiger partial charge is 0.209 e. The van der Waals surface area contributed by atoms with E-state index in [9.17, 15) is 0 Å². The number of tetrazole rings is 1. The molecule has 2 rings (SSSR count). The first-order valence-electron chi connectivity index (χ1n) is 5.78. The fourth-order valence-electron chi connectivity index (χ4n) is 1.59. The lowest BCUT2D eigenvalue weighted by molar-refractivity contribution is 0.638. The molecule has 0 saturated heterocycles. The monoisotopic (exact) mass is 264 g/mol. The van der Waals surface area contributed by atoms with E-state index in [0.29, 0.717) is 0 Å². The van der Waals surface area contributed by atoms with E-state index in [1.807, 2.05) is 19.2 Å². The van der Waals surface area contributed by atoms with E-state index in [1.54, 1.807) is 28.8 Å². The highest BCUT2D eigenvalue weighted by Crippen LogP contribution is 2.19. The minimum Gasteiger partial charge on any atom is -0.324 e. The van der Waals surface area contributed by atoms with Gasteiger partial charge in [-0.05, 0) is 41.0 Å². The van der Waals surface area contributed by atoms with Crippen LogP contribution in [0.4, 0.5) is 0 Å². The standard InChI is InChI=1S/C11H16N6S/c1-17-11(14-15-16-17)18-8-2-3-10(12)9-4-6-13-7-5-9/h4-7,10H,2-3,8,12H2,1H3. The number of pyridine rings is 1. The minimum atomic E-state index is 0.0752. The van der Waals surface area contributed by atoms with Gasteiger partial charge in [0.1, 0.15) is 0 Å². The van der Waals surface area contributed by atoms with Crippen LogP contribution in [-0.4, -0.2) is 30.9 Å². The van der Waals surface area contributed by atoms with Crippen molar-refractivity contribution in [1.29, 1.82) is 0 Å². The van der Waals surface area contributed by atoms with Crippen LogP contribution in [0.25, 0.3) is 0 Å². The first-order chi connectivity index (χ1) is 8.77. The van der Waals surface area contributed by atoms with Gasteiger partial charge < -0.3 is 5.73 Å². The Morgan fingerprint density at radius 3 is 2.83 bits per heavy atom. The van der Waals surface area contributed by atoms with Gasteiger partial charge in [0.15, 0.2) is 0 Å². The number of nitrogens with zero attached hydrogens (tertiary/aromatic N) is 5. The van der Waals surface area contributed by atoms with Crippen LogP contribution in [0.1, 0.15) is 24.4 Å². The maximum atomic E-state index is 6.10. The van der Waals surface area contributed by atoms with Crippen molar-refractivity contribution in [2.75, 3.05) is 5.75 Å². The molecule has 0 aromatic carbocycles. The second-order valence-electron chi connectivity index (χ2n) is 3.96. The van der Waals surface area contributed by atoms with E-state index in [-0.39, 0.29) is 6.04 Å². The van der Waals surface area contributed by atoms with Crippen LogP contribution < -0.4 is 5.73 Å². The molecule has 2 N–H and O–H groups in total. The van der Waals surface area contributed by atoms with Crippen LogP contribution in [0.5, 0.6) is 0 Å². The first kappa shape index (κ1) is 13.0. The summed E-state index contributed by atoms with van der Waals surface area (Å²) in [7, 11) is 1.84. The van der Waals surface area contributed by atoms with Gasteiger partial charge in [-0.3, -0.25) is 4.98 Å². The molecule has 0 aliphatic rings. The largest absolute Gasteiger partial charge is 0.324 e. The summed E-state index contributed by atoms with van der Waals surface area (Å²) in [6.45, 7) is 0. The molecule has 0 radical (unpaired) electrons. The number of thioether (sulfide) groups is 1. The molecular formula is C11H16N6S. The van der Waals surface area contributed by atoms with Crippen molar-refractivity contribution in [2.24, 2.45) is 12.8 Å². The quantitative estimate of drug-likeness (QED) is 0.623. The molecule has 1 unspecified atom stereocenters. The number of nitrogens with two attached hydrogens (primary N) is 1. The molecule has 96 valence electrons. The number of hydrogen-bond acceptors (Lipinski definition) is 6. The van der Waals surface area contributed by atoms with Crippen molar-refractivity contribution in [3.63, 3.8) is 0 Å². The highest BCUT2D eigenvalue weighted by molar-refractivity contribution is 7.99. The molecule has 0 fully saturated rings. The number of aryl methyl sites for hydroxylation is 1. The zero-order valence-corrected chi connectivity index (χ0v) is 11.0. The van der Waals surface area contributed by atoms with Gasteiger partial charge in [-0.1, -0.05) is 11.8 Å². The lowest BCUT2D eigenvalue weighted by atomic mass is 10.1. The van der Waals surface area contributed by atoms with Gasteiger partial charge in [-0.15, -0.1) is 5.10 Å². The van der Waals surface area contributed by atoms with E-state index in [4.69, 9.17) is 5.73 Å². The molecule has 1 atom stereocenters. The molecule has 0 spiro atoms. The van der Waals surface area contributed by atoms with Crippen LogP contribution in [-0.2, 0) is 7.05 Å². The third-order valence-electron chi connectivity index (χ3n) is 2.61. The molecule has 0 amide bonds. The Hall–Kier alpha value is -1.47. The summed E-state index contributed by atoms with van der Waals surface area (Å²) >= 11 is 1.65. The zero-order valence-electron chi connectivity index (χ0n) is 10.2. The van der Waals surface area contributed by atoms with Crippen molar-refractivity contribution in [3.05, 3.63) is 30.1 Å². The molecule has 0 bridgehead atoms. The van der Waals surface area contributed by atoms with Gasteiger partial charge >= 0.3 is 0 Å². The number of hydrogen-bond donors (Lipinski definition) is 1. The molecule has 0 aliphatic carbocycles. The van der Waals surface area contributed by atoms with Crippen molar-refractivity contribution < 1.29 is 0 Å². The molecule has 0 saturated carbocycles. The highest BCUT2D eigenvalue weighted by Gasteiger charge is 2.06. The maximum absolute atomic E-state index is 6.10. The molecule has 6 nitrogen and oxygen atoms in total. The van der Waals surface area contributed by atoms with Gasteiger partial charge in [0.2, 0.25) is 5.16 Å². The van der Waals surface area contributed by atoms with Gasteiger partial charge in [-0.2, -0.15) is 0 Å². The van der Waals surface area contributed by atoms with Crippen molar-refractivity contribution in [3.8, 4) is 0 Å². The lowest BCUT2D eigenvalue weighted by Crippen LogP contribution is -2.10. The fraction of sp³-hybridized carbons (Fsp3) is 0.455. The third-order valence-corrected chi connectivity index (χ3v) is 3.70. The summed E-state index contributed by atoms with van der Waals surface area (Å²) in [6.07, 6.45) is 5.52. The molecule has 2 aromatic heterocycles. The predicted octanol–water partition coefficient (Wildman–Crippen LogP) is 1.18.